The number of hydrogen-bond donors (Lipinski definition) is 1. The van der Waals surface area contributed by atoms with E-state index in [2.05, 4.69) is 15.3 Å². The number of aromatic nitrogens is 2. The van der Waals surface area contributed by atoms with Crippen molar-refractivity contribution < 1.29 is 28.4 Å². The van der Waals surface area contributed by atoms with Crippen molar-refractivity contribution in [2.45, 2.75) is 6.61 Å². The van der Waals surface area contributed by atoms with Gasteiger partial charge in [0.15, 0.2) is 11.5 Å². The minimum atomic E-state index is 0.366. The molecule has 1 N–H and O–H groups in total. The van der Waals surface area contributed by atoms with Crippen molar-refractivity contribution >= 4 is 22.4 Å². The number of anilines is 2. The van der Waals surface area contributed by atoms with Gasteiger partial charge in [-0.2, -0.15) is 0 Å². The Kier molecular flexibility index (Phi) is 9.19. The number of rotatable bonds is 5. The number of ether oxygens (including phenoxy) is 6. The van der Waals surface area contributed by atoms with Crippen LogP contribution in [-0.4, -0.2) is 62.8 Å². The van der Waals surface area contributed by atoms with Crippen molar-refractivity contribution in [2.24, 2.45) is 0 Å². The van der Waals surface area contributed by atoms with Crippen LogP contribution in [0.25, 0.3) is 10.9 Å². The molecule has 0 saturated heterocycles. The van der Waals surface area contributed by atoms with E-state index in [1.807, 2.05) is 66.7 Å². The second-order valence-corrected chi connectivity index (χ2v) is 8.47. The third-order valence-corrected chi connectivity index (χ3v) is 5.79. The van der Waals surface area contributed by atoms with Crippen molar-refractivity contribution in [3.05, 3.63) is 78.6 Å². The average Bonchev–Trinajstić information content (AvgIpc) is 2.96. The average molecular weight is 518 g/mol. The second-order valence-electron chi connectivity index (χ2n) is 8.47. The lowest BCUT2D eigenvalue weighted by Gasteiger charge is -2.16. The van der Waals surface area contributed by atoms with Crippen molar-refractivity contribution in [1.82, 2.24) is 9.97 Å². The molecule has 0 spiro atoms. The summed E-state index contributed by atoms with van der Waals surface area (Å²) in [7, 11) is 0. The number of para-hydroxylation sites is 2. The quantitative estimate of drug-likeness (QED) is 0.402. The number of benzene rings is 3. The Labute approximate surface area is 221 Å². The summed E-state index contributed by atoms with van der Waals surface area (Å²) < 4.78 is 34.8. The Hall–Kier alpha value is -3.92. The lowest BCUT2D eigenvalue weighted by atomic mass is 10.2. The molecule has 0 unspecified atom stereocenters. The molecular weight excluding hydrogens is 486 g/mol. The molecule has 0 aliphatic carbocycles. The van der Waals surface area contributed by atoms with Crippen LogP contribution in [0.3, 0.4) is 0 Å². The van der Waals surface area contributed by atoms with Crippen molar-refractivity contribution in [3.8, 4) is 17.2 Å². The largest absolute Gasteiger partial charge is 0.487 e. The summed E-state index contributed by atoms with van der Waals surface area (Å²) in [5.41, 5.74) is 2.60. The van der Waals surface area contributed by atoms with E-state index in [-0.39, 0.29) is 0 Å². The van der Waals surface area contributed by atoms with E-state index in [1.54, 1.807) is 0 Å². The summed E-state index contributed by atoms with van der Waals surface area (Å²) in [6.45, 7) is 4.11. The molecule has 0 amide bonds. The molecule has 4 aromatic rings. The van der Waals surface area contributed by atoms with Crippen LogP contribution in [0.15, 0.2) is 73.1 Å². The van der Waals surface area contributed by atoms with Crippen LogP contribution in [0.2, 0.25) is 0 Å². The standard InChI is InChI=1S/C29H31N3O6/c1-2-6-22(7-3-1)20-38-26-9-5-4-8-24(26)32-29-23-18-27-28(19-25(23)30-21-31-29)37-17-15-35-13-11-33-10-12-34-14-16-36-27/h1-9,18-19,21H,10-17,20H2,(H,30,31,32). The molecule has 0 atom stereocenters. The highest BCUT2D eigenvalue weighted by Crippen LogP contribution is 2.36. The van der Waals surface area contributed by atoms with Gasteiger partial charge in [0.2, 0.25) is 0 Å². The van der Waals surface area contributed by atoms with Gasteiger partial charge in [0.25, 0.3) is 0 Å². The molecule has 0 bridgehead atoms. The molecule has 9 nitrogen and oxygen atoms in total. The van der Waals surface area contributed by atoms with Gasteiger partial charge < -0.3 is 33.7 Å². The van der Waals surface area contributed by atoms with Gasteiger partial charge in [-0.1, -0.05) is 42.5 Å². The number of nitrogens with one attached hydrogen (secondary N) is 1. The lowest BCUT2D eigenvalue weighted by Crippen LogP contribution is -2.13. The fraction of sp³-hybridized carbons (Fsp3) is 0.310. The number of hydrogen-bond acceptors (Lipinski definition) is 9. The normalized spacial score (nSPS) is 15.3. The van der Waals surface area contributed by atoms with Crippen LogP contribution in [0, 0.1) is 0 Å². The van der Waals surface area contributed by atoms with Crippen LogP contribution >= 0.6 is 0 Å². The Balaban J connectivity index is 1.38. The number of nitrogens with zero attached hydrogens (tertiary/aromatic N) is 2. The maximum absolute atomic E-state index is 6.12. The third-order valence-electron chi connectivity index (χ3n) is 5.79. The van der Waals surface area contributed by atoms with Gasteiger partial charge in [0.1, 0.15) is 37.7 Å². The van der Waals surface area contributed by atoms with Gasteiger partial charge in [-0.05, 0) is 23.8 Å². The fourth-order valence-electron chi connectivity index (χ4n) is 3.91. The van der Waals surface area contributed by atoms with Gasteiger partial charge in [0, 0.05) is 11.5 Å². The topological polar surface area (TPSA) is 93.2 Å². The van der Waals surface area contributed by atoms with Gasteiger partial charge in [-0.25, -0.2) is 9.97 Å². The maximum Gasteiger partial charge on any atom is 0.163 e. The monoisotopic (exact) mass is 517 g/mol. The van der Waals surface area contributed by atoms with Crippen LogP contribution in [-0.2, 0) is 20.8 Å². The summed E-state index contributed by atoms with van der Waals surface area (Å²) in [6.07, 6.45) is 1.52. The maximum atomic E-state index is 6.12. The molecular formula is C29H31N3O6. The van der Waals surface area contributed by atoms with E-state index in [0.29, 0.717) is 76.8 Å². The summed E-state index contributed by atoms with van der Waals surface area (Å²) in [5.74, 6) is 2.52. The van der Waals surface area contributed by atoms with E-state index < -0.39 is 0 Å². The summed E-state index contributed by atoms with van der Waals surface area (Å²) in [6, 6.07) is 21.6. The predicted octanol–water partition coefficient (Wildman–Crippen LogP) is 4.77. The first-order valence-electron chi connectivity index (χ1n) is 12.7. The van der Waals surface area contributed by atoms with Crippen LogP contribution < -0.4 is 19.5 Å². The van der Waals surface area contributed by atoms with Gasteiger partial charge in [-0.15, -0.1) is 0 Å². The van der Waals surface area contributed by atoms with E-state index >= 15 is 0 Å². The second kappa shape index (κ2) is 13.6. The van der Waals surface area contributed by atoms with Crippen molar-refractivity contribution in [3.63, 3.8) is 0 Å². The summed E-state index contributed by atoms with van der Waals surface area (Å²) in [4.78, 5) is 8.98. The Morgan fingerprint density at radius 3 is 2.05 bits per heavy atom. The van der Waals surface area contributed by atoms with E-state index in [0.717, 1.165) is 27.9 Å². The van der Waals surface area contributed by atoms with Crippen molar-refractivity contribution in [2.75, 3.05) is 58.2 Å². The van der Waals surface area contributed by atoms with Gasteiger partial charge >= 0.3 is 0 Å². The van der Waals surface area contributed by atoms with Crippen LogP contribution in [0.4, 0.5) is 11.5 Å². The SMILES string of the molecule is c1ccc(COc2ccccc2Nc2ncnc3cc4c(cc23)OCCOCCOCCOCCO4)cc1. The fourth-order valence-corrected chi connectivity index (χ4v) is 3.91. The Morgan fingerprint density at radius 1 is 0.684 bits per heavy atom. The summed E-state index contributed by atoms with van der Waals surface area (Å²) >= 11 is 0. The van der Waals surface area contributed by atoms with E-state index in [4.69, 9.17) is 28.4 Å². The minimum absolute atomic E-state index is 0.366. The highest BCUT2D eigenvalue weighted by Gasteiger charge is 2.14. The summed E-state index contributed by atoms with van der Waals surface area (Å²) in [5, 5.41) is 4.21. The molecule has 198 valence electrons. The molecule has 38 heavy (non-hydrogen) atoms. The van der Waals surface area contributed by atoms with Crippen LogP contribution in [0.5, 0.6) is 17.2 Å². The molecule has 2 heterocycles. The van der Waals surface area contributed by atoms with E-state index in [9.17, 15) is 0 Å². The number of fused-ring (bicyclic) bond motifs is 2. The first-order valence-corrected chi connectivity index (χ1v) is 12.7. The molecule has 9 heteroatoms. The van der Waals surface area contributed by atoms with Crippen LogP contribution in [0.1, 0.15) is 5.56 Å². The molecule has 0 radical (unpaired) electrons. The molecule has 1 aliphatic rings. The highest BCUT2D eigenvalue weighted by molar-refractivity contribution is 5.93. The Morgan fingerprint density at radius 2 is 1.32 bits per heavy atom. The smallest absolute Gasteiger partial charge is 0.163 e. The first-order chi connectivity index (χ1) is 18.9. The molecule has 1 aromatic heterocycles. The van der Waals surface area contributed by atoms with E-state index in [1.165, 1.54) is 6.33 Å². The molecule has 0 saturated carbocycles. The lowest BCUT2D eigenvalue weighted by molar-refractivity contribution is 0.00708. The van der Waals surface area contributed by atoms with Gasteiger partial charge in [-0.3, -0.25) is 0 Å². The molecule has 5 rings (SSSR count). The zero-order valence-corrected chi connectivity index (χ0v) is 21.1. The Bertz CT molecular complexity index is 1300. The third kappa shape index (κ3) is 7.10. The minimum Gasteiger partial charge on any atom is -0.487 e. The molecule has 0 fully saturated rings. The predicted molar refractivity (Wildman–Crippen MR) is 143 cm³/mol. The zero-order chi connectivity index (χ0) is 25.8. The zero-order valence-electron chi connectivity index (χ0n) is 21.1. The molecule has 3 aromatic carbocycles. The first kappa shape index (κ1) is 25.7. The highest BCUT2D eigenvalue weighted by atomic mass is 16.6. The van der Waals surface area contributed by atoms with Gasteiger partial charge in [0.05, 0.1) is 50.8 Å². The van der Waals surface area contributed by atoms with Crippen molar-refractivity contribution in [1.29, 1.82) is 0 Å². The molecule has 1 aliphatic heterocycles.